The van der Waals surface area contributed by atoms with Crippen molar-refractivity contribution in [2.24, 2.45) is 5.41 Å². The summed E-state index contributed by atoms with van der Waals surface area (Å²) in [5, 5.41) is 12.3. The third-order valence-corrected chi connectivity index (χ3v) is 7.84. The van der Waals surface area contributed by atoms with Crippen molar-refractivity contribution < 1.29 is 26.4 Å². The minimum Gasteiger partial charge on any atom is -0.347 e. The molecule has 170 valence electrons. The molecule has 0 unspecified atom stereocenters. The summed E-state index contributed by atoms with van der Waals surface area (Å²) in [6, 6.07) is 4.80. The number of halogens is 3. The maximum atomic E-state index is 13.3. The maximum Gasteiger partial charge on any atom is 0.416 e. The highest BCUT2D eigenvalue weighted by Crippen LogP contribution is 2.52. The molecule has 1 aromatic carbocycles. The van der Waals surface area contributed by atoms with Gasteiger partial charge < -0.3 is 5.32 Å². The van der Waals surface area contributed by atoms with Crippen LogP contribution in [0.5, 0.6) is 0 Å². The number of nitriles is 1. The van der Waals surface area contributed by atoms with Crippen molar-refractivity contribution in [1.82, 2.24) is 5.32 Å². The van der Waals surface area contributed by atoms with Crippen molar-refractivity contribution in [2.75, 3.05) is 10.5 Å². The number of carbonyl (C=O) groups is 1. The molecule has 0 aromatic heterocycles. The van der Waals surface area contributed by atoms with Gasteiger partial charge in [-0.3, -0.25) is 9.52 Å². The fourth-order valence-electron chi connectivity index (χ4n) is 4.40. The van der Waals surface area contributed by atoms with Crippen LogP contribution in [0.25, 0.3) is 0 Å². The van der Waals surface area contributed by atoms with Gasteiger partial charge >= 0.3 is 6.18 Å². The monoisotopic (exact) mass is 457 g/mol. The highest BCUT2D eigenvalue weighted by atomic mass is 32.2. The first-order chi connectivity index (χ1) is 14.4. The van der Waals surface area contributed by atoms with Crippen LogP contribution in [0.1, 0.15) is 74.2 Å². The highest BCUT2D eigenvalue weighted by molar-refractivity contribution is 7.92. The van der Waals surface area contributed by atoms with Gasteiger partial charge in [-0.05, 0) is 63.1 Å². The molecule has 2 bridgehead atoms. The average Bonchev–Trinajstić information content (AvgIpc) is 2.72. The molecule has 3 aliphatic carbocycles. The lowest BCUT2D eigenvalue weighted by Gasteiger charge is -2.50. The van der Waals surface area contributed by atoms with Gasteiger partial charge in [0, 0.05) is 5.54 Å². The topological polar surface area (TPSA) is 99.1 Å². The first-order valence-electron chi connectivity index (χ1n) is 10.4. The van der Waals surface area contributed by atoms with Crippen molar-refractivity contribution in [1.29, 1.82) is 5.26 Å². The van der Waals surface area contributed by atoms with Crippen LogP contribution in [0.2, 0.25) is 0 Å². The van der Waals surface area contributed by atoms with E-state index in [2.05, 4.69) is 16.1 Å². The smallest absolute Gasteiger partial charge is 0.347 e. The number of anilines is 1. The Balaban J connectivity index is 1.89. The summed E-state index contributed by atoms with van der Waals surface area (Å²) in [7, 11) is -3.81. The zero-order chi connectivity index (χ0) is 22.9. The second kappa shape index (κ2) is 8.34. The number of alkyl halides is 3. The normalized spacial score (nSPS) is 25.6. The molecule has 0 atom stereocenters. The Bertz CT molecular complexity index is 975. The number of nitrogens with zero attached hydrogens (tertiary/aromatic N) is 1. The van der Waals surface area contributed by atoms with Crippen LogP contribution in [0.15, 0.2) is 18.2 Å². The summed E-state index contributed by atoms with van der Waals surface area (Å²) in [4.78, 5) is 13.1. The number of benzene rings is 1. The molecule has 2 N–H and O–H groups in total. The molecule has 10 heteroatoms. The molecule has 31 heavy (non-hydrogen) atoms. The molecular weight excluding hydrogens is 431 g/mol. The second-order valence-electron chi connectivity index (χ2n) is 8.66. The third-order valence-electron chi connectivity index (χ3n) is 6.49. The summed E-state index contributed by atoms with van der Waals surface area (Å²) in [5.41, 5.74) is -2.50. The number of carbonyl (C=O) groups excluding carboxylic acids is 1. The van der Waals surface area contributed by atoms with Crippen LogP contribution in [0.3, 0.4) is 0 Å². The van der Waals surface area contributed by atoms with E-state index in [0.717, 1.165) is 12.1 Å². The predicted octanol–water partition coefficient (Wildman–Crippen LogP) is 4.59. The largest absolute Gasteiger partial charge is 0.416 e. The zero-order valence-corrected chi connectivity index (χ0v) is 18.1. The molecule has 0 radical (unpaired) electrons. The third kappa shape index (κ3) is 5.14. The summed E-state index contributed by atoms with van der Waals surface area (Å²) >= 11 is 0. The molecule has 4 rings (SSSR count). The van der Waals surface area contributed by atoms with Gasteiger partial charge in [-0.1, -0.05) is 13.3 Å². The van der Waals surface area contributed by atoms with Crippen molar-refractivity contribution in [3.63, 3.8) is 0 Å². The molecule has 3 saturated carbocycles. The van der Waals surface area contributed by atoms with Gasteiger partial charge in [0.05, 0.1) is 34.1 Å². The van der Waals surface area contributed by atoms with Crippen molar-refractivity contribution in [3.8, 4) is 6.07 Å². The van der Waals surface area contributed by atoms with Gasteiger partial charge in [-0.25, -0.2) is 8.42 Å². The SMILES string of the molecule is CCCCS(=O)(=O)Nc1ccc(C(F)(F)F)cc1C(=O)NC12CCC(C#N)(CC1)CC2. The van der Waals surface area contributed by atoms with Gasteiger partial charge in [0.1, 0.15) is 0 Å². The quantitative estimate of drug-likeness (QED) is 0.625. The van der Waals surface area contributed by atoms with E-state index in [0.29, 0.717) is 57.4 Å². The number of rotatable bonds is 7. The van der Waals surface area contributed by atoms with Crippen LogP contribution >= 0.6 is 0 Å². The first kappa shape index (κ1) is 23.4. The molecule has 0 spiro atoms. The van der Waals surface area contributed by atoms with E-state index >= 15 is 0 Å². The number of hydrogen-bond donors (Lipinski definition) is 2. The lowest BCUT2D eigenvalue weighted by Crippen LogP contribution is -2.56. The van der Waals surface area contributed by atoms with E-state index in [4.69, 9.17) is 0 Å². The summed E-state index contributed by atoms with van der Waals surface area (Å²) in [6.45, 7) is 1.82. The average molecular weight is 458 g/mol. The van der Waals surface area contributed by atoms with Gasteiger partial charge in [0.2, 0.25) is 10.0 Å². The molecule has 0 heterocycles. The number of fused-ring (bicyclic) bond motifs is 3. The Morgan fingerprint density at radius 1 is 1.16 bits per heavy atom. The van der Waals surface area contributed by atoms with E-state index in [1.54, 1.807) is 0 Å². The first-order valence-corrected chi connectivity index (χ1v) is 12.0. The second-order valence-corrected chi connectivity index (χ2v) is 10.5. The lowest BCUT2D eigenvalue weighted by molar-refractivity contribution is -0.137. The Morgan fingerprint density at radius 3 is 2.29 bits per heavy atom. The van der Waals surface area contributed by atoms with Crippen LogP contribution in [-0.2, 0) is 16.2 Å². The van der Waals surface area contributed by atoms with Crippen LogP contribution < -0.4 is 10.0 Å². The molecule has 1 aromatic rings. The van der Waals surface area contributed by atoms with E-state index in [9.17, 15) is 31.6 Å². The molecule has 0 saturated heterocycles. The molecule has 6 nitrogen and oxygen atoms in total. The van der Waals surface area contributed by atoms with E-state index in [1.165, 1.54) is 0 Å². The van der Waals surface area contributed by atoms with E-state index in [1.807, 2.05) is 6.92 Å². The molecule has 3 aliphatic rings. The molecule has 3 fully saturated rings. The van der Waals surface area contributed by atoms with Gasteiger partial charge in [-0.2, -0.15) is 18.4 Å². The standard InChI is InChI=1S/C21H26F3N3O3S/c1-2-3-12-31(29,30)27-17-5-4-15(21(22,23)24)13-16(17)18(28)26-20-9-6-19(14-25,7-10-20)8-11-20/h4-5,13,27H,2-3,6-12H2,1H3,(H,26,28). The van der Waals surface area contributed by atoms with Gasteiger partial charge in [-0.15, -0.1) is 0 Å². The van der Waals surface area contributed by atoms with Crippen molar-refractivity contribution >= 4 is 21.6 Å². The highest BCUT2D eigenvalue weighted by Gasteiger charge is 2.49. The summed E-state index contributed by atoms with van der Waals surface area (Å²) < 4.78 is 66.6. The predicted molar refractivity (Wildman–Crippen MR) is 110 cm³/mol. The van der Waals surface area contributed by atoms with E-state index in [-0.39, 0.29) is 22.4 Å². The Morgan fingerprint density at radius 2 is 1.77 bits per heavy atom. The number of hydrogen-bond acceptors (Lipinski definition) is 4. The molecule has 0 aliphatic heterocycles. The van der Waals surface area contributed by atoms with Crippen molar-refractivity contribution in [3.05, 3.63) is 29.3 Å². The van der Waals surface area contributed by atoms with Crippen LogP contribution in [0, 0.1) is 16.7 Å². The van der Waals surface area contributed by atoms with Crippen LogP contribution in [-0.4, -0.2) is 25.6 Å². The van der Waals surface area contributed by atoms with Crippen molar-refractivity contribution in [2.45, 2.75) is 70.0 Å². The minimum atomic E-state index is -4.67. The summed E-state index contributed by atoms with van der Waals surface area (Å²) in [6.07, 6.45) is -0.0483. The number of unbranched alkanes of at least 4 members (excludes halogenated alkanes) is 1. The Kier molecular flexibility index (Phi) is 6.29. The minimum absolute atomic E-state index is 0.170. The fourth-order valence-corrected chi connectivity index (χ4v) is 5.68. The lowest BCUT2D eigenvalue weighted by atomic mass is 9.58. The molecular formula is C21H26F3N3O3S. The van der Waals surface area contributed by atoms with Gasteiger partial charge in [0.25, 0.3) is 5.91 Å². The maximum absolute atomic E-state index is 13.3. The Labute approximate surface area is 180 Å². The molecule has 1 amide bonds. The zero-order valence-electron chi connectivity index (χ0n) is 17.3. The summed E-state index contributed by atoms with van der Waals surface area (Å²) in [5.74, 6) is -0.933. The number of nitrogens with one attached hydrogen (secondary N) is 2. The van der Waals surface area contributed by atoms with Crippen LogP contribution in [0.4, 0.5) is 18.9 Å². The van der Waals surface area contributed by atoms with Gasteiger partial charge in [0.15, 0.2) is 0 Å². The fraction of sp³-hybridized carbons (Fsp3) is 0.619. The Hall–Kier alpha value is -2.28. The number of amides is 1. The number of sulfonamides is 1. The van der Waals surface area contributed by atoms with E-state index < -0.39 is 33.2 Å².